The zero-order valence-electron chi connectivity index (χ0n) is 11.9. The van der Waals surface area contributed by atoms with Crippen LogP contribution in [0.15, 0.2) is 18.5 Å². The van der Waals surface area contributed by atoms with Gasteiger partial charge in [0.25, 0.3) is 0 Å². The Hall–Kier alpha value is -2.00. The Morgan fingerprint density at radius 3 is 2.82 bits per heavy atom. The second-order valence-corrected chi connectivity index (χ2v) is 6.36. The molecule has 10 nitrogen and oxygen atoms in total. The quantitative estimate of drug-likeness (QED) is 0.425. The Morgan fingerprint density at radius 1 is 1.50 bits per heavy atom. The Morgan fingerprint density at radius 2 is 2.18 bits per heavy atom. The normalized spacial score (nSPS) is 13.4. The van der Waals surface area contributed by atoms with Gasteiger partial charge in [-0.3, -0.25) is 4.57 Å². The van der Waals surface area contributed by atoms with Crippen LogP contribution in [0.2, 0.25) is 0 Å². The predicted molar refractivity (Wildman–Crippen MR) is 80.7 cm³/mol. The lowest BCUT2D eigenvalue weighted by Crippen LogP contribution is -2.16. The number of nitrogen functional groups attached to an aromatic ring is 2. The number of fused-ring (bicyclic) bond motifs is 1. The van der Waals surface area contributed by atoms with Crippen molar-refractivity contribution in [3.05, 3.63) is 18.5 Å². The Kier molecular flexibility index (Phi) is 4.47. The van der Waals surface area contributed by atoms with Crippen molar-refractivity contribution in [2.75, 3.05) is 17.8 Å². The summed E-state index contributed by atoms with van der Waals surface area (Å²) >= 11 is 0. The smallest absolute Gasteiger partial charge is 0.351 e. The van der Waals surface area contributed by atoms with Crippen molar-refractivity contribution >= 4 is 30.5 Å². The van der Waals surface area contributed by atoms with Crippen molar-refractivity contribution in [2.24, 2.45) is 0 Å². The van der Waals surface area contributed by atoms with Crippen LogP contribution < -0.4 is 11.5 Å². The molecule has 0 aliphatic heterocycles. The van der Waals surface area contributed by atoms with E-state index in [9.17, 15) is 4.57 Å². The fourth-order valence-electron chi connectivity index (χ4n) is 1.77. The molecule has 0 saturated heterocycles. The molecule has 11 heteroatoms. The molecule has 1 unspecified atom stereocenters. The van der Waals surface area contributed by atoms with Gasteiger partial charge in [0, 0.05) is 6.54 Å². The van der Waals surface area contributed by atoms with E-state index in [1.54, 1.807) is 11.5 Å². The first-order valence-electron chi connectivity index (χ1n) is 6.25. The molecule has 1 atom stereocenters. The molecule has 0 aliphatic carbocycles. The first-order valence-corrected chi connectivity index (χ1v) is 8.05. The Labute approximate surface area is 126 Å². The van der Waals surface area contributed by atoms with Crippen LogP contribution in [0.4, 0.5) is 11.8 Å². The predicted octanol–water partition coefficient (Wildman–Crippen LogP) is 0.0872. The van der Waals surface area contributed by atoms with Crippen molar-refractivity contribution < 1.29 is 19.1 Å². The number of imidazole rings is 1. The van der Waals surface area contributed by atoms with Crippen molar-refractivity contribution in [3.63, 3.8) is 0 Å². The molecule has 0 fully saturated rings. The number of anilines is 2. The van der Waals surface area contributed by atoms with Crippen molar-refractivity contribution in [1.82, 2.24) is 19.5 Å². The molecule has 120 valence electrons. The van der Waals surface area contributed by atoms with Crippen LogP contribution in [0, 0.1) is 0 Å². The van der Waals surface area contributed by atoms with E-state index in [2.05, 4.69) is 21.5 Å². The summed E-state index contributed by atoms with van der Waals surface area (Å²) in [6.07, 6.45) is 0.289. The molecule has 0 amide bonds. The van der Waals surface area contributed by atoms with Gasteiger partial charge in [0.15, 0.2) is 11.5 Å². The van der Waals surface area contributed by atoms with E-state index in [1.807, 2.05) is 0 Å². The van der Waals surface area contributed by atoms with E-state index in [-0.39, 0.29) is 18.3 Å². The van der Waals surface area contributed by atoms with Crippen LogP contribution in [-0.4, -0.2) is 41.8 Å². The van der Waals surface area contributed by atoms with Gasteiger partial charge in [-0.25, -0.2) is 4.98 Å². The van der Waals surface area contributed by atoms with E-state index >= 15 is 0 Å². The minimum absolute atomic E-state index is 0.0307. The topological polar surface area (TPSA) is 162 Å². The fourth-order valence-corrected chi connectivity index (χ4v) is 2.19. The summed E-state index contributed by atoms with van der Waals surface area (Å²) in [6, 6.07) is 0. The van der Waals surface area contributed by atoms with Gasteiger partial charge in [-0.2, -0.15) is 9.97 Å². The maximum absolute atomic E-state index is 10.8. The standard InChI is InChI=1S/C11H17N6O4P/c1-6(7(2)21-5-22(18,19)20)3-17-4-14-8-9(12)15-11(13)16-10(8)17/h4,7H,1,3,5H2,2H3,(H2,18,19,20)(H4,12,13,15,16). The van der Waals surface area contributed by atoms with Crippen molar-refractivity contribution in [1.29, 1.82) is 0 Å². The monoisotopic (exact) mass is 328 g/mol. The molecule has 2 aromatic heterocycles. The van der Waals surface area contributed by atoms with Crippen LogP contribution in [-0.2, 0) is 15.8 Å². The minimum atomic E-state index is -4.22. The Bertz CT molecular complexity index is 754. The van der Waals surface area contributed by atoms with Gasteiger partial charge in [-0.05, 0) is 12.5 Å². The van der Waals surface area contributed by atoms with Crippen LogP contribution in [0.3, 0.4) is 0 Å². The highest BCUT2D eigenvalue weighted by Crippen LogP contribution is 2.34. The lowest BCUT2D eigenvalue weighted by atomic mass is 10.2. The van der Waals surface area contributed by atoms with E-state index < -0.39 is 20.0 Å². The summed E-state index contributed by atoms with van der Waals surface area (Å²) in [5, 5.41) is 0. The summed E-state index contributed by atoms with van der Waals surface area (Å²) in [5.41, 5.74) is 12.7. The lowest BCUT2D eigenvalue weighted by molar-refractivity contribution is 0.110. The summed E-state index contributed by atoms with van der Waals surface area (Å²) in [4.78, 5) is 29.6. The van der Waals surface area contributed by atoms with Crippen LogP contribution in [0.1, 0.15) is 6.92 Å². The molecule has 0 aliphatic rings. The van der Waals surface area contributed by atoms with Gasteiger partial charge >= 0.3 is 7.60 Å². The van der Waals surface area contributed by atoms with Crippen molar-refractivity contribution in [3.8, 4) is 0 Å². The van der Waals surface area contributed by atoms with Crippen molar-refractivity contribution in [2.45, 2.75) is 19.6 Å². The fraction of sp³-hybridized carbons (Fsp3) is 0.364. The SMILES string of the molecule is C=C(Cn1cnc2c(N)nc(N)nc21)C(C)OCP(=O)(O)O. The number of ether oxygens (including phenoxy) is 1. The minimum Gasteiger partial charge on any atom is -0.382 e. The number of rotatable bonds is 6. The van der Waals surface area contributed by atoms with Gasteiger partial charge in [-0.1, -0.05) is 6.58 Å². The average Bonchev–Trinajstić information content (AvgIpc) is 2.78. The third kappa shape index (κ3) is 3.80. The average molecular weight is 328 g/mol. The van der Waals surface area contributed by atoms with E-state index in [0.29, 0.717) is 16.7 Å². The van der Waals surface area contributed by atoms with E-state index in [0.717, 1.165) is 0 Å². The number of aromatic nitrogens is 4. The lowest BCUT2D eigenvalue weighted by Gasteiger charge is -2.17. The molecule has 0 aromatic carbocycles. The summed E-state index contributed by atoms with van der Waals surface area (Å²) in [6.45, 7) is 5.78. The van der Waals surface area contributed by atoms with Crippen LogP contribution in [0.5, 0.6) is 0 Å². The third-order valence-corrected chi connectivity index (χ3v) is 3.43. The second-order valence-electron chi connectivity index (χ2n) is 4.77. The number of nitrogens with zero attached hydrogens (tertiary/aromatic N) is 4. The summed E-state index contributed by atoms with van der Waals surface area (Å²) < 4.78 is 17.6. The highest BCUT2D eigenvalue weighted by molar-refractivity contribution is 7.51. The van der Waals surface area contributed by atoms with Gasteiger partial charge < -0.3 is 30.6 Å². The number of hydrogen-bond acceptors (Lipinski definition) is 7. The molecule has 0 bridgehead atoms. The molecule has 2 aromatic rings. The van der Waals surface area contributed by atoms with Crippen LogP contribution >= 0.6 is 7.60 Å². The maximum Gasteiger partial charge on any atom is 0.351 e. The van der Waals surface area contributed by atoms with Gasteiger partial charge in [-0.15, -0.1) is 0 Å². The van der Waals surface area contributed by atoms with E-state index in [1.165, 1.54) is 6.33 Å². The highest BCUT2D eigenvalue weighted by Gasteiger charge is 2.18. The first kappa shape index (κ1) is 16.4. The van der Waals surface area contributed by atoms with Gasteiger partial charge in [0.1, 0.15) is 11.9 Å². The molecular weight excluding hydrogens is 311 g/mol. The maximum atomic E-state index is 10.8. The molecule has 2 rings (SSSR count). The van der Waals surface area contributed by atoms with Gasteiger partial charge in [0.2, 0.25) is 5.95 Å². The summed E-state index contributed by atoms with van der Waals surface area (Å²) in [7, 11) is -4.22. The first-order chi connectivity index (χ1) is 10.2. The molecule has 0 spiro atoms. The highest BCUT2D eigenvalue weighted by atomic mass is 31.2. The molecule has 2 heterocycles. The molecule has 6 N–H and O–H groups in total. The van der Waals surface area contributed by atoms with E-state index in [4.69, 9.17) is 26.0 Å². The van der Waals surface area contributed by atoms with Crippen LogP contribution in [0.25, 0.3) is 11.2 Å². The number of nitrogens with two attached hydrogens (primary N) is 2. The molecule has 0 saturated carbocycles. The van der Waals surface area contributed by atoms with Gasteiger partial charge in [0.05, 0.1) is 12.4 Å². The Balaban J connectivity index is 2.13. The molecule has 0 radical (unpaired) electrons. The zero-order chi connectivity index (χ0) is 16.5. The molecule has 22 heavy (non-hydrogen) atoms. The summed E-state index contributed by atoms with van der Waals surface area (Å²) in [5.74, 6) is 0.209. The zero-order valence-corrected chi connectivity index (χ0v) is 12.8. The number of hydrogen-bond donors (Lipinski definition) is 4. The largest absolute Gasteiger partial charge is 0.382 e. The second kappa shape index (κ2) is 6.01. The molecular formula is C11H17N6O4P. The third-order valence-electron chi connectivity index (χ3n) is 2.95.